The van der Waals surface area contributed by atoms with Crippen LogP contribution in [0.2, 0.25) is 0 Å². The van der Waals surface area contributed by atoms with Crippen LogP contribution in [0.4, 0.5) is 8.78 Å². The number of halogens is 3. The second-order valence-electron chi connectivity index (χ2n) is 2.37. The molecular weight excluding hydrogens is 248 g/mol. The smallest absolute Gasteiger partial charge is 0.251 e. The lowest BCUT2D eigenvalue weighted by atomic mass is 10.5. The third kappa shape index (κ3) is 7.31. The lowest BCUT2D eigenvalue weighted by Crippen LogP contribution is -2.32. The molecule has 0 saturated carbocycles. The van der Waals surface area contributed by atoms with Crippen LogP contribution in [0.5, 0.6) is 0 Å². The SMILES string of the molecule is CSCCN(CCBr)CC(F)F. The molecule has 0 radical (unpaired) electrons. The highest BCUT2D eigenvalue weighted by atomic mass is 79.9. The van der Waals surface area contributed by atoms with Gasteiger partial charge in [0.25, 0.3) is 6.43 Å². The van der Waals surface area contributed by atoms with Crippen LogP contribution in [0.25, 0.3) is 0 Å². The molecule has 0 aromatic heterocycles. The fourth-order valence-electron chi connectivity index (χ4n) is 0.829. The van der Waals surface area contributed by atoms with Crippen LogP contribution in [-0.2, 0) is 0 Å². The molecule has 0 unspecified atom stereocenters. The number of rotatable bonds is 7. The maximum Gasteiger partial charge on any atom is 0.251 e. The molecule has 0 bridgehead atoms. The summed E-state index contributed by atoms with van der Waals surface area (Å²) in [5, 5.41) is 0.758. The van der Waals surface area contributed by atoms with Crippen LogP contribution in [-0.4, -0.2) is 48.3 Å². The zero-order chi connectivity index (χ0) is 9.40. The first kappa shape index (κ1) is 12.7. The summed E-state index contributed by atoms with van der Waals surface area (Å²) in [5.41, 5.74) is 0. The topological polar surface area (TPSA) is 3.24 Å². The van der Waals surface area contributed by atoms with Crippen LogP contribution < -0.4 is 0 Å². The van der Waals surface area contributed by atoms with Crippen molar-refractivity contribution in [3.63, 3.8) is 0 Å². The van der Waals surface area contributed by atoms with Crippen molar-refractivity contribution >= 4 is 27.7 Å². The van der Waals surface area contributed by atoms with E-state index in [2.05, 4.69) is 15.9 Å². The van der Waals surface area contributed by atoms with Crippen molar-refractivity contribution in [1.29, 1.82) is 0 Å². The van der Waals surface area contributed by atoms with E-state index >= 15 is 0 Å². The molecule has 0 N–H and O–H groups in total. The number of alkyl halides is 3. The summed E-state index contributed by atoms with van der Waals surface area (Å²) in [4.78, 5) is 1.77. The lowest BCUT2D eigenvalue weighted by Gasteiger charge is -2.19. The highest BCUT2D eigenvalue weighted by molar-refractivity contribution is 9.09. The molecular formula is C7H14BrF2NS. The summed E-state index contributed by atoms with van der Waals surface area (Å²) < 4.78 is 23.9. The molecule has 0 aromatic rings. The van der Waals surface area contributed by atoms with Gasteiger partial charge < -0.3 is 0 Å². The molecule has 0 aromatic carbocycles. The Morgan fingerprint density at radius 3 is 2.50 bits per heavy atom. The Morgan fingerprint density at radius 1 is 1.42 bits per heavy atom. The van der Waals surface area contributed by atoms with E-state index in [1.807, 2.05) is 6.26 Å². The number of hydrogen-bond acceptors (Lipinski definition) is 2. The zero-order valence-corrected chi connectivity index (χ0v) is 9.50. The monoisotopic (exact) mass is 261 g/mol. The average Bonchev–Trinajstić information content (AvgIpc) is 2.00. The van der Waals surface area contributed by atoms with Crippen molar-refractivity contribution in [2.24, 2.45) is 0 Å². The van der Waals surface area contributed by atoms with Gasteiger partial charge in [0, 0.05) is 24.2 Å². The molecule has 1 nitrogen and oxygen atoms in total. The van der Waals surface area contributed by atoms with Gasteiger partial charge in [0.15, 0.2) is 0 Å². The Morgan fingerprint density at radius 2 is 2.08 bits per heavy atom. The second-order valence-corrected chi connectivity index (χ2v) is 4.15. The second kappa shape index (κ2) is 8.26. The van der Waals surface area contributed by atoms with Crippen molar-refractivity contribution in [2.45, 2.75) is 6.43 Å². The predicted octanol–water partition coefficient (Wildman–Crippen LogP) is 2.31. The molecule has 0 rings (SSSR count). The summed E-state index contributed by atoms with van der Waals surface area (Å²) in [5.74, 6) is 0.916. The van der Waals surface area contributed by atoms with Crippen LogP contribution >= 0.6 is 27.7 Å². The Hall–Kier alpha value is 0.650. The molecule has 0 aliphatic rings. The van der Waals surface area contributed by atoms with Gasteiger partial charge in [-0.05, 0) is 6.26 Å². The van der Waals surface area contributed by atoms with Crippen LogP contribution in [0, 0.1) is 0 Å². The Labute approximate surface area is 85.0 Å². The molecule has 0 aliphatic heterocycles. The molecule has 0 amide bonds. The van der Waals surface area contributed by atoms with Gasteiger partial charge in [-0.1, -0.05) is 15.9 Å². The molecule has 0 atom stereocenters. The van der Waals surface area contributed by atoms with Gasteiger partial charge in [0.2, 0.25) is 0 Å². The average molecular weight is 262 g/mol. The van der Waals surface area contributed by atoms with Crippen LogP contribution in [0.15, 0.2) is 0 Å². The first-order valence-electron chi connectivity index (χ1n) is 3.76. The van der Waals surface area contributed by atoms with Crippen LogP contribution in [0.1, 0.15) is 0 Å². The van der Waals surface area contributed by atoms with Gasteiger partial charge in [0.1, 0.15) is 0 Å². The Bertz CT molecular complexity index is 105. The van der Waals surface area contributed by atoms with E-state index in [0.29, 0.717) is 6.54 Å². The summed E-state index contributed by atoms with van der Waals surface area (Å²) >= 11 is 4.92. The van der Waals surface area contributed by atoms with E-state index in [-0.39, 0.29) is 6.54 Å². The number of hydrogen-bond donors (Lipinski definition) is 0. The van der Waals surface area contributed by atoms with Gasteiger partial charge in [-0.25, -0.2) is 8.78 Å². The van der Waals surface area contributed by atoms with Gasteiger partial charge in [-0.15, -0.1) is 0 Å². The Kier molecular flexibility index (Phi) is 8.70. The fraction of sp³-hybridized carbons (Fsp3) is 1.00. The minimum absolute atomic E-state index is 0.105. The van der Waals surface area contributed by atoms with Crippen molar-refractivity contribution in [2.75, 3.05) is 37.0 Å². The number of thioether (sulfide) groups is 1. The molecule has 0 spiro atoms. The normalized spacial score (nSPS) is 11.5. The first-order chi connectivity index (χ1) is 5.70. The fourth-order valence-corrected chi connectivity index (χ4v) is 1.77. The van der Waals surface area contributed by atoms with Crippen molar-refractivity contribution in [1.82, 2.24) is 4.90 Å². The minimum Gasteiger partial charge on any atom is -0.296 e. The van der Waals surface area contributed by atoms with E-state index in [1.54, 1.807) is 16.7 Å². The predicted molar refractivity (Wildman–Crippen MR) is 54.6 cm³/mol. The van der Waals surface area contributed by atoms with Gasteiger partial charge in [-0.3, -0.25) is 4.90 Å². The molecule has 74 valence electrons. The quantitative estimate of drug-likeness (QED) is 0.648. The van der Waals surface area contributed by atoms with Gasteiger partial charge in [0.05, 0.1) is 6.54 Å². The molecule has 5 heteroatoms. The zero-order valence-electron chi connectivity index (χ0n) is 7.10. The summed E-state index contributed by atoms with van der Waals surface area (Å²) in [6, 6.07) is 0. The highest BCUT2D eigenvalue weighted by Crippen LogP contribution is 2.01. The van der Waals surface area contributed by atoms with Gasteiger partial charge in [-0.2, -0.15) is 11.8 Å². The highest BCUT2D eigenvalue weighted by Gasteiger charge is 2.10. The van der Waals surface area contributed by atoms with Gasteiger partial charge >= 0.3 is 0 Å². The van der Waals surface area contributed by atoms with Crippen molar-refractivity contribution in [3.8, 4) is 0 Å². The minimum atomic E-state index is -2.22. The van der Waals surface area contributed by atoms with E-state index < -0.39 is 6.43 Å². The third-order valence-corrected chi connectivity index (χ3v) is 2.35. The molecule has 12 heavy (non-hydrogen) atoms. The molecule has 0 heterocycles. The maximum atomic E-state index is 12.0. The van der Waals surface area contributed by atoms with E-state index in [1.165, 1.54) is 0 Å². The summed E-state index contributed by atoms with van der Waals surface area (Å²) in [6.07, 6.45) is -0.236. The summed E-state index contributed by atoms with van der Waals surface area (Å²) in [6.45, 7) is 1.34. The molecule has 0 fully saturated rings. The maximum absolute atomic E-state index is 12.0. The first-order valence-corrected chi connectivity index (χ1v) is 6.27. The number of nitrogens with zero attached hydrogens (tertiary/aromatic N) is 1. The largest absolute Gasteiger partial charge is 0.296 e. The molecule has 0 saturated heterocycles. The Balaban J connectivity index is 3.54. The van der Waals surface area contributed by atoms with E-state index in [9.17, 15) is 8.78 Å². The lowest BCUT2D eigenvalue weighted by molar-refractivity contribution is 0.0945. The third-order valence-electron chi connectivity index (χ3n) is 1.41. The van der Waals surface area contributed by atoms with Crippen molar-refractivity contribution in [3.05, 3.63) is 0 Å². The standard InChI is InChI=1S/C7H14BrF2NS/c1-12-5-4-11(3-2-8)6-7(9)10/h7H,2-6H2,1H3. The molecule has 0 aliphatic carbocycles. The van der Waals surface area contributed by atoms with Crippen LogP contribution in [0.3, 0.4) is 0 Å². The van der Waals surface area contributed by atoms with E-state index in [4.69, 9.17) is 0 Å². The van der Waals surface area contributed by atoms with Crippen molar-refractivity contribution < 1.29 is 8.78 Å². The summed E-state index contributed by atoms with van der Waals surface area (Å²) in [7, 11) is 0. The van der Waals surface area contributed by atoms with E-state index in [0.717, 1.165) is 17.6 Å².